The first-order chi connectivity index (χ1) is 10.8. The fraction of sp³-hybridized carbons (Fsp3) is 0.471. The van der Waals surface area contributed by atoms with Crippen LogP contribution in [-0.2, 0) is 13.0 Å². The van der Waals surface area contributed by atoms with Gasteiger partial charge in [-0.05, 0) is 37.2 Å². The molecule has 0 atom stereocenters. The van der Waals surface area contributed by atoms with E-state index in [0.29, 0.717) is 0 Å². The lowest BCUT2D eigenvalue weighted by molar-refractivity contribution is 0.252. The van der Waals surface area contributed by atoms with Gasteiger partial charge in [0.05, 0.1) is 11.2 Å². The van der Waals surface area contributed by atoms with Crippen LogP contribution < -0.4 is 0 Å². The van der Waals surface area contributed by atoms with Gasteiger partial charge in [0, 0.05) is 38.0 Å². The summed E-state index contributed by atoms with van der Waals surface area (Å²) in [7, 11) is 0. The third-order valence-electron chi connectivity index (χ3n) is 4.14. The molecule has 0 spiro atoms. The fourth-order valence-corrected chi connectivity index (χ4v) is 3.53. The van der Waals surface area contributed by atoms with Crippen molar-refractivity contribution in [3.8, 4) is 0 Å². The Bertz CT molecular complexity index is 573. The Kier molecular flexibility index (Phi) is 5.53. The lowest BCUT2D eigenvalue weighted by Crippen LogP contribution is -2.31. The molecule has 0 bridgehead atoms. The molecule has 22 heavy (non-hydrogen) atoms. The highest BCUT2D eigenvalue weighted by atomic mass is 32.1. The third kappa shape index (κ3) is 4.60. The highest BCUT2D eigenvalue weighted by Crippen LogP contribution is 2.11. The average Bonchev–Trinajstić information content (AvgIpc) is 2.93. The number of rotatable bonds is 5. The summed E-state index contributed by atoms with van der Waals surface area (Å²) in [6.45, 7) is 6.29. The number of benzene rings is 1. The second-order valence-corrected chi connectivity index (χ2v) is 6.55. The van der Waals surface area contributed by atoms with Crippen molar-refractivity contribution in [1.29, 1.82) is 0 Å². The standard InChI is InChI=1S/C17H22FN3S/c18-16-4-1-3-15(11-16)12-21-7-2-6-20(9-10-21)8-5-17-13-22-14-19-17/h1,3-4,11,13-14H,2,5-10,12H2. The highest BCUT2D eigenvalue weighted by molar-refractivity contribution is 7.07. The molecule has 1 fully saturated rings. The molecule has 2 heterocycles. The molecule has 0 amide bonds. The molecule has 2 aromatic rings. The largest absolute Gasteiger partial charge is 0.302 e. The summed E-state index contributed by atoms with van der Waals surface area (Å²) in [6.07, 6.45) is 2.21. The summed E-state index contributed by atoms with van der Waals surface area (Å²) >= 11 is 1.66. The number of halogens is 1. The zero-order chi connectivity index (χ0) is 15.2. The summed E-state index contributed by atoms with van der Waals surface area (Å²) in [5.74, 6) is -0.141. The van der Waals surface area contributed by atoms with Crippen LogP contribution >= 0.6 is 11.3 Å². The minimum atomic E-state index is -0.141. The van der Waals surface area contributed by atoms with Crippen molar-refractivity contribution in [2.75, 3.05) is 32.7 Å². The molecule has 0 radical (unpaired) electrons. The Morgan fingerprint density at radius 1 is 1.14 bits per heavy atom. The van der Waals surface area contributed by atoms with Crippen molar-refractivity contribution < 1.29 is 4.39 Å². The molecule has 0 N–H and O–H groups in total. The summed E-state index contributed by atoms with van der Waals surface area (Å²) in [5, 5.41) is 2.13. The molecule has 1 aliphatic rings. The third-order valence-corrected chi connectivity index (χ3v) is 4.78. The van der Waals surface area contributed by atoms with Crippen LogP contribution in [0.25, 0.3) is 0 Å². The average molecular weight is 319 g/mol. The second kappa shape index (κ2) is 7.81. The molecule has 1 aromatic carbocycles. The van der Waals surface area contributed by atoms with E-state index in [-0.39, 0.29) is 5.82 Å². The van der Waals surface area contributed by atoms with Gasteiger partial charge >= 0.3 is 0 Å². The minimum absolute atomic E-state index is 0.141. The lowest BCUT2D eigenvalue weighted by Gasteiger charge is -2.21. The van der Waals surface area contributed by atoms with Crippen molar-refractivity contribution in [1.82, 2.24) is 14.8 Å². The van der Waals surface area contributed by atoms with Crippen LogP contribution in [0.15, 0.2) is 35.2 Å². The maximum atomic E-state index is 13.3. The van der Waals surface area contributed by atoms with Gasteiger partial charge in [0.15, 0.2) is 0 Å². The van der Waals surface area contributed by atoms with Gasteiger partial charge in [0.25, 0.3) is 0 Å². The zero-order valence-corrected chi connectivity index (χ0v) is 13.6. The monoisotopic (exact) mass is 319 g/mol. The SMILES string of the molecule is Fc1cccc(CN2CCCN(CCc3cscn3)CC2)c1. The number of aromatic nitrogens is 1. The van der Waals surface area contributed by atoms with Gasteiger partial charge in [-0.2, -0.15) is 0 Å². The van der Waals surface area contributed by atoms with Crippen LogP contribution in [0.3, 0.4) is 0 Å². The topological polar surface area (TPSA) is 19.4 Å². The number of nitrogens with zero attached hydrogens (tertiary/aromatic N) is 3. The number of thiazole rings is 1. The van der Waals surface area contributed by atoms with Crippen molar-refractivity contribution in [2.45, 2.75) is 19.4 Å². The van der Waals surface area contributed by atoms with E-state index >= 15 is 0 Å². The zero-order valence-electron chi connectivity index (χ0n) is 12.7. The van der Waals surface area contributed by atoms with Gasteiger partial charge in [-0.25, -0.2) is 9.37 Å². The van der Waals surface area contributed by atoms with E-state index in [1.807, 2.05) is 11.6 Å². The lowest BCUT2D eigenvalue weighted by atomic mass is 10.2. The summed E-state index contributed by atoms with van der Waals surface area (Å²) in [4.78, 5) is 9.30. The Labute approximate surface area is 135 Å². The quantitative estimate of drug-likeness (QED) is 0.844. The Hall–Kier alpha value is -1.30. The molecular formula is C17H22FN3S. The smallest absolute Gasteiger partial charge is 0.123 e. The van der Waals surface area contributed by atoms with Gasteiger partial charge in [0.2, 0.25) is 0 Å². The molecule has 3 nitrogen and oxygen atoms in total. The van der Waals surface area contributed by atoms with E-state index in [1.54, 1.807) is 23.5 Å². The molecule has 1 aromatic heterocycles. The maximum absolute atomic E-state index is 13.3. The predicted molar refractivity (Wildman–Crippen MR) is 88.6 cm³/mol. The molecule has 118 valence electrons. The van der Waals surface area contributed by atoms with Crippen molar-refractivity contribution in [2.24, 2.45) is 0 Å². The van der Waals surface area contributed by atoms with Crippen LogP contribution in [-0.4, -0.2) is 47.5 Å². The van der Waals surface area contributed by atoms with Gasteiger partial charge in [-0.3, -0.25) is 4.90 Å². The van der Waals surface area contributed by atoms with Crippen molar-refractivity contribution >= 4 is 11.3 Å². The van der Waals surface area contributed by atoms with E-state index < -0.39 is 0 Å². The molecule has 1 saturated heterocycles. The summed E-state index contributed by atoms with van der Waals surface area (Å²) < 4.78 is 13.3. The molecule has 0 saturated carbocycles. The van der Waals surface area contributed by atoms with Gasteiger partial charge < -0.3 is 4.90 Å². The van der Waals surface area contributed by atoms with E-state index in [1.165, 1.54) is 18.2 Å². The second-order valence-electron chi connectivity index (χ2n) is 5.83. The number of hydrogen-bond donors (Lipinski definition) is 0. The first-order valence-electron chi connectivity index (χ1n) is 7.86. The van der Waals surface area contributed by atoms with E-state index in [2.05, 4.69) is 20.2 Å². The normalized spacial score (nSPS) is 17.5. The molecule has 1 aliphatic heterocycles. The summed E-state index contributed by atoms with van der Waals surface area (Å²) in [6, 6.07) is 6.95. The van der Waals surface area contributed by atoms with Crippen LogP contribution in [0.5, 0.6) is 0 Å². The van der Waals surface area contributed by atoms with Crippen molar-refractivity contribution in [3.63, 3.8) is 0 Å². The molecular weight excluding hydrogens is 297 g/mol. The van der Waals surface area contributed by atoms with Gasteiger partial charge in [0.1, 0.15) is 5.82 Å². The van der Waals surface area contributed by atoms with Gasteiger partial charge in [-0.1, -0.05) is 12.1 Å². The maximum Gasteiger partial charge on any atom is 0.123 e. The highest BCUT2D eigenvalue weighted by Gasteiger charge is 2.15. The predicted octanol–water partition coefficient (Wildman–Crippen LogP) is 3.03. The Morgan fingerprint density at radius 2 is 2.00 bits per heavy atom. The molecule has 5 heteroatoms. The number of hydrogen-bond acceptors (Lipinski definition) is 4. The molecule has 0 unspecified atom stereocenters. The molecule has 0 aliphatic carbocycles. The van der Waals surface area contributed by atoms with E-state index in [9.17, 15) is 4.39 Å². The van der Waals surface area contributed by atoms with Crippen LogP contribution in [0.4, 0.5) is 4.39 Å². The van der Waals surface area contributed by atoms with Crippen LogP contribution in [0.2, 0.25) is 0 Å². The van der Waals surface area contributed by atoms with Crippen LogP contribution in [0.1, 0.15) is 17.7 Å². The first-order valence-corrected chi connectivity index (χ1v) is 8.80. The first kappa shape index (κ1) is 15.6. The Morgan fingerprint density at radius 3 is 2.82 bits per heavy atom. The van der Waals surface area contributed by atoms with E-state index in [0.717, 1.165) is 51.3 Å². The summed E-state index contributed by atoms with van der Waals surface area (Å²) in [5.41, 5.74) is 4.17. The van der Waals surface area contributed by atoms with Crippen LogP contribution in [0, 0.1) is 5.82 Å². The molecule has 3 rings (SSSR count). The van der Waals surface area contributed by atoms with Crippen molar-refractivity contribution in [3.05, 3.63) is 52.2 Å². The van der Waals surface area contributed by atoms with Gasteiger partial charge in [-0.15, -0.1) is 11.3 Å². The minimum Gasteiger partial charge on any atom is -0.302 e. The van der Waals surface area contributed by atoms with E-state index in [4.69, 9.17) is 0 Å². The Balaban J connectivity index is 1.47. The fourth-order valence-electron chi connectivity index (χ4n) is 2.93.